The van der Waals surface area contributed by atoms with Crippen LogP contribution in [-0.4, -0.2) is 56.7 Å². The Bertz CT molecular complexity index is 957. The third-order valence-electron chi connectivity index (χ3n) is 6.76. The summed E-state index contributed by atoms with van der Waals surface area (Å²) in [5, 5.41) is 0. The zero-order valence-corrected chi connectivity index (χ0v) is 21.1. The first-order chi connectivity index (χ1) is 15.6. The number of methoxy groups -OCH3 is 1. The Morgan fingerprint density at radius 3 is 2.27 bits per heavy atom. The predicted octanol–water partition coefficient (Wildman–Crippen LogP) is 3.91. The number of ether oxygens (including phenoxy) is 1. The number of nitrogen functional groups attached to an aromatic ring is 1. The summed E-state index contributed by atoms with van der Waals surface area (Å²) in [6.45, 7) is 10.1. The Hall–Kier alpha value is -2.35. The molecule has 0 spiro atoms. The van der Waals surface area contributed by atoms with Crippen molar-refractivity contribution in [1.82, 2.24) is 4.90 Å². The van der Waals surface area contributed by atoms with E-state index in [0.29, 0.717) is 5.69 Å². The molecule has 1 aliphatic heterocycles. The van der Waals surface area contributed by atoms with E-state index in [9.17, 15) is 0 Å². The van der Waals surface area contributed by atoms with Crippen LogP contribution in [-0.2, 0) is 15.9 Å². The first kappa shape index (κ1) is 25.3. The second-order valence-electron chi connectivity index (χ2n) is 9.76. The molecule has 0 bridgehead atoms. The number of anilines is 1. The number of nitrogens with zero attached hydrogens (tertiary/aromatic N) is 2. The van der Waals surface area contributed by atoms with E-state index < -0.39 is 18.3 Å². The summed E-state index contributed by atoms with van der Waals surface area (Å²) < 4.78 is 17.9. The van der Waals surface area contributed by atoms with E-state index in [1.54, 1.807) is 7.11 Å². The molecule has 1 heterocycles. The Kier molecular flexibility index (Phi) is 7.88. The molecule has 2 aromatic rings. The molecule has 6 nitrogen and oxygen atoms in total. The van der Waals surface area contributed by atoms with Crippen LogP contribution in [0.15, 0.2) is 47.5 Å². The van der Waals surface area contributed by atoms with Gasteiger partial charge in [-0.2, -0.15) is 0 Å². The molecule has 178 valence electrons. The zero-order chi connectivity index (χ0) is 24.2. The summed E-state index contributed by atoms with van der Waals surface area (Å²) in [5.74, 6) is 0.878. The Morgan fingerprint density at radius 2 is 1.70 bits per heavy atom. The van der Waals surface area contributed by atoms with E-state index in [-0.39, 0.29) is 0 Å². The van der Waals surface area contributed by atoms with Gasteiger partial charge in [-0.3, -0.25) is 4.99 Å². The second kappa shape index (κ2) is 10.3. The van der Waals surface area contributed by atoms with Crippen LogP contribution in [0.3, 0.4) is 0 Å². The summed E-state index contributed by atoms with van der Waals surface area (Å²) in [5.41, 5.74) is 10.5. The molecule has 0 atom stereocenters. The summed E-state index contributed by atoms with van der Waals surface area (Å²) >= 11 is 0. The van der Waals surface area contributed by atoms with Crippen molar-refractivity contribution in [3.05, 3.63) is 53.6 Å². The van der Waals surface area contributed by atoms with Crippen molar-refractivity contribution in [2.75, 3.05) is 33.5 Å². The lowest BCUT2D eigenvalue weighted by Gasteiger charge is -2.32. The van der Waals surface area contributed by atoms with Crippen LogP contribution in [0.1, 0.15) is 51.7 Å². The molecule has 0 aromatic heterocycles. The van der Waals surface area contributed by atoms with Crippen molar-refractivity contribution < 1.29 is 14.0 Å². The Morgan fingerprint density at radius 1 is 1.06 bits per heavy atom. The molecular formula is C26H38BN3O3. The van der Waals surface area contributed by atoms with Crippen LogP contribution in [0.4, 0.5) is 5.69 Å². The summed E-state index contributed by atoms with van der Waals surface area (Å²) in [4.78, 5) is 6.93. The van der Waals surface area contributed by atoms with Crippen LogP contribution in [0.2, 0.25) is 0 Å². The van der Waals surface area contributed by atoms with Gasteiger partial charge in [0, 0.05) is 30.6 Å². The minimum Gasteiger partial charge on any atom is -0.497 e. The number of rotatable bonds is 9. The lowest BCUT2D eigenvalue weighted by molar-refractivity contribution is 0.00578. The van der Waals surface area contributed by atoms with E-state index in [1.165, 1.54) is 5.56 Å². The average molecular weight is 451 g/mol. The molecule has 33 heavy (non-hydrogen) atoms. The molecule has 7 heteroatoms. The molecule has 0 saturated carbocycles. The fraction of sp³-hybridized carbons (Fsp3) is 0.500. The standard InChI is InChI=1S/C26H38BN3O3/c1-25(2)26(3,4)33-27(32-25)21-10-8-11-22(28)24(21)23(29-5)12-9-17-30(6)18-19-13-15-20(31-7)16-14-19/h8,10-11,13-16H,9,12,17-18,28H2,1-7H3. The van der Waals surface area contributed by atoms with E-state index in [4.69, 9.17) is 19.8 Å². The fourth-order valence-electron chi connectivity index (χ4n) is 4.08. The summed E-state index contributed by atoms with van der Waals surface area (Å²) in [6.07, 6.45) is 1.79. The molecule has 0 unspecified atom stereocenters. The quantitative estimate of drug-likeness (QED) is 0.356. The van der Waals surface area contributed by atoms with Crippen LogP contribution < -0.4 is 15.9 Å². The minimum absolute atomic E-state index is 0.409. The van der Waals surface area contributed by atoms with E-state index in [2.05, 4.69) is 56.8 Å². The van der Waals surface area contributed by atoms with Crippen molar-refractivity contribution in [3.8, 4) is 5.75 Å². The minimum atomic E-state index is -0.469. The smallest absolute Gasteiger partial charge is 0.495 e. The second-order valence-corrected chi connectivity index (χ2v) is 9.76. The molecule has 1 fully saturated rings. The molecule has 3 rings (SSSR count). The van der Waals surface area contributed by atoms with Gasteiger partial charge in [-0.15, -0.1) is 0 Å². The molecule has 1 aliphatic rings. The average Bonchev–Trinajstić information content (AvgIpc) is 2.99. The van der Waals surface area contributed by atoms with Crippen LogP contribution >= 0.6 is 0 Å². The summed E-state index contributed by atoms with van der Waals surface area (Å²) in [6, 6.07) is 14.1. The van der Waals surface area contributed by atoms with Crippen molar-refractivity contribution in [3.63, 3.8) is 0 Å². The van der Waals surface area contributed by atoms with Crippen molar-refractivity contribution in [1.29, 1.82) is 0 Å². The van der Waals surface area contributed by atoms with E-state index in [0.717, 1.165) is 48.4 Å². The number of aliphatic imine (C=N–C) groups is 1. The van der Waals surface area contributed by atoms with Crippen LogP contribution in [0, 0.1) is 0 Å². The van der Waals surface area contributed by atoms with Gasteiger partial charge in [-0.1, -0.05) is 24.3 Å². The lowest BCUT2D eigenvalue weighted by Crippen LogP contribution is -2.41. The van der Waals surface area contributed by atoms with Gasteiger partial charge in [0.05, 0.1) is 18.3 Å². The van der Waals surface area contributed by atoms with Gasteiger partial charge in [-0.25, -0.2) is 0 Å². The van der Waals surface area contributed by atoms with Crippen molar-refractivity contribution >= 4 is 24.0 Å². The van der Waals surface area contributed by atoms with Crippen LogP contribution in [0.25, 0.3) is 0 Å². The Labute approximate surface area is 199 Å². The Balaban J connectivity index is 1.67. The number of hydrogen-bond acceptors (Lipinski definition) is 6. The van der Waals surface area contributed by atoms with Gasteiger partial charge < -0.3 is 24.7 Å². The zero-order valence-electron chi connectivity index (χ0n) is 21.1. The third-order valence-corrected chi connectivity index (χ3v) is 6.76. The first-order valence-corrected chi connectivity index (χ1v) is 11.6. The monoisotopic (exact) mass is 451 g/mol. The largest absolute Gasteiger partial charge is 0.497 e. The van der Waals surface area contributed by atoms with Gasteiger partial charge >= 0.3 is 7.12 Å². The molecule has 0 radical (unpaired) electrons. The number of hydrogen-bond donors (Lipinski definition) is 1. The van der Waals surface area contributed by atoms with Gasteiger partial charge in [-0.05, 0) is 83.4 Å². The highest BCUT2D eigenvalue weighted by atomic mass is 16.7. The lowest BCUT2D eigenvalue weighted by atomic mass is 9.74. The van der Waals surface area contributed by atoms with Crippen LogP contribution in [0.5, 0.6) is 5.75 Å². The molecule has 1 saturated heterocycles. The highest BCUT2D eigenvalue weighted by Crippen LogP contribution is 2.37. The molecule has 2 aromatic carbocycles. The highest BCUT2D eigenvalue weighted by molar-refractivity contribution is 6.64. The highest BCUT2D eigenvalue weighted by Gasteiger charge is 2.52. The molecule has 0 aliphatic carbocycles. The summed E-state index contributed by atoms with van der Waals surface area (Å²) in [7, 11) is 5.19. The van der Waals surface area contributed by atoms with E-state index >= 15 is 0 Å². The normalized spacial score (nSPS) is 17.6. The SMILES string of the molecule is CN=C(CCCN(C)Cc1ccc(OC)cc1)c1c(N)cccc1B1OC(C)(C)C(C)(C)O1. The topological polar surface area (TPSA) is 69.3 Å². The maximum absolute atomic E-state index is 6.45. The predicted molar refractivity (Wildman–Crippen MR) is 138 cm³/mol. The fourth-order valence-corrected chi connectivity index (χ4v) is 4.08. The van der Waals surface area contributed by atoms with Gasteiger partial charge in [0.2, 0.25) is 0 Å². The third kappa shape index (κ3) is 5.78. The maximum Gasteiger partial charge on any atom is 0.495 e. The van der Waals surface area contributed by atoms with Crippen molar-refractivity contribution in [2.24, 2.45) is 4.99 Å². The maximum atomic E-state index is 6.45. The molecule has 0 amide bonds. The first-order valence-electron chi connectivity index (χ1n) is 11.6. The number of nitrogens with two attached hydrogens (primary N) is 1. The molecular weight excluding hydrogens is 413 g/mol. The van der Waals surface area contributed by atoms with Gasteiger partial charge in [0.25, 0.3) is 0 Å². The van der Waals surface area contributed by atoms with Gasteiger partial charge in [0.1, 0.15) is 5.75 Å². The molecule has 2 N–H and O–H groups in total. The number of benzene rings is 2. The van der Waals surface area contributed by atoms with Gasteiger partial charge in [0.15, 0.2) is 0 Å². The van der Waals surface area contributed by atoms with Crippen molar-refractivity contribution in [2.45, 2.75) is 58.3 Å². The van der Waals surface area contributed by atoms with E-state index in [1.807, 2.05) is 37.4 Å².